The summed E-state index contributed by atoms with van der Waals surface area (Å²) in [6.07, 6.45) is 3.60. The number of nitrogens with two attached hydrogens (primary N) is 1. The second-order valence-electron chi connectivity index (χ2n) is 4.50. The van der Waals surface area contributed by atoms with Gasteiger partial charge in [0.15, 0.2) is 0 Å². The topological polar surface area (TPSA) is 76.2 Å². The zero-order valence-corrected chi connectivity index (χ0v) is 10.1. The number of anilines is 1. The summed E-state index contributed by atoms with van der Waals surface area (Å²) in [5.74, 6) is 0.729. The summed E-state index contributed by atoms with van der Waals surface area (Å²) < 4.78 is 1.64. The minimum absolute atomic E-state index is 0.00377. The van der Waals surface area contributed by atoms with Gasteiger partial charge in [-0.25, -0.2) is 0 Å². The van der Waals surface area contributed by atoms with Gasteiger partial charge in [-0.3, -0.25) is 14.4 Å². The summed E-state index contributed by atoms with van der Waals surface area (Å²) in [6, 6.07) is 2.08. The van der Waals surface area contributed by atoms with Crippen LogP contribution >= 0.6 is 0 Å². The number of nitrogens with one attached hydrogen (secondary N) is 1. The number of aryl methyl sites for hydroxylation is 1. The molecule has 17 heavy (non-hydrogen) atoms. The average molecular weight is 237 g/mol. The predicted molar refractivity (Wildman–Crippen MR) is 65.5 cm³/mol. The molecule has 6 heteroatoms. The third-order valence-corrected chi connectivity index (χ3v) is 3.09. The lowest BCUT2D eigenvalue weighted by atomic mass is 10.1. The number of amides is 1. The third kappa shape index (κ3) is 3.28. The van der Waals surface area contributed by atoms with Gasteiger partial charge in [0, 0.05) is 32.2 Å². The minimum atomic E-state index is 0.00377. The molecule has 0 spiro atoms. The number of carbonyl (C=O) groups excluding carboxylic acids is 1. The highest BCUT2D eigenvalue weighted by molar-refractivity contribution is 5.91. The number of likely N-dealkylation sites (tertiary alicyclic amines) is 1. The Bertz CT molecular complexity index is 381. The van der Waals surface area contributed by atoms with Crippen LogP contribution in [0.4, 0.5) is 5.82 Å². The van der Waals surface area contributed by atoms with Crippen LogP contribution in [-0.2, 0) is 11.8 Å². The Balaban J connectivity index is 1.80. The average Bonchev–Trinajstić information content (AvgIpc) is 2.68. The number of carbonyl (C=O) groups is 1. The van der Waals surface area contributed by atoms with Crippen molar-refractivity contribution >= 4 is 11.7 Å². The zero-order chi connectivity index (χ0) is 12.3. The fourth-order valence-corrected chi connectivity index (χ4v) is 1.99. The van der Waals surface area contributed by atoms with Crippen LogP contribution in [0.25, 0.3) is 0 Å². The van der Waals surface area contributed by atoms with E-state index >= 15 is 0 Å². The van der Waals surface area contributed by atoms with Gasteiger partial charge in [-0.15, -0.1) is 0 Å². The van der Waals surface area contributed by atoms with Crippen molar-refractivity contribution in [2.75, 3.05) is 25.0 Å². The molecule has 2 heterocycles. The first-order valence-electron chi connectivity index (χ1n) is 5.91. The Kier molecular flexibility index (Phi) is 3.75. The van der Waals surface area contributed by atoms with Gasteiger partial charge in [-0.1, -0.05) is 0 Å². The van der Waals surface area contributed by atoms with Crippen LogP contribution in [0.1, 0.15) is 12.8 Å². The molecule has 94 valence electrons. The lowest BCUT2D eigenvalue weighted by molar-refractivity contribution is -0.117. The van der Waals surface area contributed by atoms with Crippen molar-refractivity contribution in [2.24, 2.45) is 12.8 Å². The lowest BCUT2D eigenvalue weighted by Crippen LogP contribution is -2.43. The molecule has 3 N–H and O–H groups in total. The smallest absolute Gasteiger partial charge is 0.239 e. The Morgan fingerprint density at radius 2 is 2.29 bits per heavy atom. The summed E-state index contributed by atoms with van der Waals surface area (Å²) in [4.78, 5) is 13.9. The van der Waals surface area contributed by atoms with Crippen LogP contribution in [0, 0.1) is 0 Å². The van der Waals surface area contributed by atoms with Crippen LogP contribution in [0.15, 0.2) is 12.3 Å². The van der Waals surface area contributed by atoms with Gasteiger partial charge in [-0.2, -0.15) is 5.10 Å². The highest BCUT2D eigenvalue weighted by Crippen LogP contribution is 2.08. The molecule has 0 aromatic carbocycles. The molecule has 0 unspecified atom stereocenters. The van der Waals surface area contributed by atoms with Crippen molar-refractivity contribution in [3.8, 4) is 0 Å². The number of piperidine rings is 1. The van der Waals surface area contributed by atoms with Crippen LogP contribution in [0.2, 0.25) is 0 Å². The van der Waals surface area contributed by atoms with Gasteiger partial charge in [0.05, 0.1) is 12.7 Å². The quantitative estimate of drug-likeness (QED) is 0.762. The van der Waals surface area contributed by atoms with Gasteiger partial charge >= 0.3 is 0 Å². The molecule has 1 aromatic heterocycles. The zero-order valence-electron chi connectivity index (χ0n) is 10.1. The number of hydrogen-bond donors (Lipinski definition) is 2. The van der Waals surface area contributed by atoms with Crippen molar-refractivity contribution in [1.82, 2.24) is 14.7 Å². The maximum atomic E-state index is 11.8. The van der Waals surface area contributed by atoms with Gasteiger partial charge < -0.3 is 11.1 Å². The molecule has 1 amide bonds. The molecule has 2 rings (SSSR count). The van der Waals surface area contributed by atoms with Crippen molar-refractivity contribution in [3.63, 3.8) is 0 Å². The maximum absolute atomic E-state index is 11.8. The van der Waals surface area contributed by atoms with E-state index in [1.807, 2.05) is 0 Å². The van der Waals surface area contributed by atoms with E-state index in [1.165, 1.54) is 0 Å². The number of nitrogens with zero attached hydrogens (tertiary/aromatic N) is 3. The molecule has 0 atom stereocenters. The first-order valence-corrected chi connectivity index (χ1v) is 5.91. The number of rotatable bonds is 3. The fraction of sp³-hybridized carbons (Fsp3) is 0.636. The maximum Gasteiger partial charge on any atom is 0.239 e. The van der Waals surface area contributed by atoms with Gasteiger partial charge in [0.25, 0.3) is 0 Å². The summed E-state index contributed by atoms with van der Waals surface area (Å²) >= 11 is 0. The monoisotopic (exact) mass is 237 g/mol. The third-order valence-electron chi connectivity index (χ3n) is 3.09. The highest BCUT2D eigenvalue weighted by Gasteiger charge is 2.18. The van der Waals surface area contributed by atoms with Crippen molar-refractivity contribution in [1.29, 1.82) is 0 Å². The first kappa shape index (κ1) is 12.1. The predicted octanol–water partition coefficient (Wildman–Crippen LogP) is -0.218. The van der Waals surface area contributed by atoms with Crippen LogP contribution < -0.4 is 11.1 Å². The largest absolute Gasteiger partial charge is 0.328 e. The Labute approximate surface area is 101 Å². The van der Waals surface area contributed by atoms with E-state index in [4.69, 9.17) is 5.73 Å². The normalized spacial score (nSPS) is 18.2. The molecule has 1 aliphatic rings. The van der Waals surface area contributed by atoms with E-state index < -0.39 is 0 Å². The summed E-state index contributed by atoms with van der Waals surface area (Å²) in [6.45, 7) is 2.23. The summed E-state index contributed by atoms with van der Waals surface area (Å²) in [7, 11) is 1.80. The van der Waals surface area contributed by atoms with E-state index in [-0.39, 0.29) is 5.91 Å². The van der Waals surface area contributed by atoms with E-state index in [1.54, 1.807) is 24.0 Å². The molecule has 1 aromatic rings. The lowest BCUT2D eigenvalue weighted by Gasteiger charge is -2.29. The number of aromatic nitrogens is 2. The van der Waals surface area contributed by atoms with Crippen LogP contribution in [-0.4, -0.2) is 46.3 Å². The first-order chi connectivity index (χ1) is 8.15. The summed E-state index contributed by atoms with van der Waals surface area (Å²) in [5, 5.41) is 6.84. The second-order valence-corrected chi connectivity index (χ2v) is 4.50. The standard InChI is InChI=1S/C11H19N5O/c1-15-10(2-5-13-15)14-11(17)8-16-6-3-9(12)4-7-16/h2,5,9H,3-4,6-8,12H2,1H3,(H,14,17). The Hall–Kier alpha value is -1.40. The molecule has 1 saturated heterocycles. The van der Waals surface area contributed by atoms with Gasteiger partial charge in [0.1, 0.15) is 5.82 Å². The molecular weight excluding hydrogens is 218 g/mol. The molecular formula is C11H19N5O. The molecule has 1 aliphatic heterocycles. The van der Waals surface area contributed by atoms with E-state index in [9.17, 15) is 4.79 Å². The van der Waals surface area contributed by atoms with Gasteiger partial charge in [0.2, 0.25) is 5.91 Å². The van der Waals surface area contributed by atoms with Crippen molar-refractivity contribution in [3.05, 3.63) is 12.3 Å². The fourth-order valence-electron chi connectivity index (χ4n) is 1.99. The Morgan fingerprint density at radius 3 is 2.88 bits per heavy atom. The second kappa shape index (κ2) is 5.29. The molecule has 0 radical (unpaired) electrons. The van der Waals surface area contributed by atoms with Crippen molar-refractivity contribution in [2.45, 2.75) is 18.9 Å². The molecule has 0 saturated carbocycles. The van der Waals surface area contributed by atoms with Crippen LogP contribution in [0.5, 0.6) is 0 Å². The summed E-state index contributed by atoms with van der Waals surface area (Å²) in [5.41, 5.74) is 5.82. The molecule has 0 aliphatic carbocycles. The molecule has 1 fully saturated rings. The van der Waals surface area contributed by atoms with Gasteiger partial charge in [-0.05, 0) is 12.8 Å². The minimum Gasteiger partial charge on any atom is -0.328 e. The van der Waals surface area contributed by atoms with E-state index in [0.717, 1.165) is 31.7 Å². The van der Waals surface area contributed by atoms with Crippen LogP contribution in [0.3, 0.4) is 0 Å². The van der Waals surface area contributed by atoms with E-state index in [0.29, 0.717) is 12.6 Å². The molecule has 6 nitrogen and oxygen atoms in total. The van der Waals surface area contributed by atoms with E-state index in [2.05, 4.69) is 15.3 Å². The SMILES string of the molecule is Cn1nccc1NC(=O)CN1CCC(N)CC1. The Morgan fingerprint density at radius 1 is 1.59 bits per heavy atom. The number of hydrogen-bond acceptors (Lipinski definition) is 4. The highest BCUT2D eigenvalue weighted by atomic mass is 16.2. The van der Waals surface area contributed by atoms with Crippen molar-refractivity contribution < 1.29 is 4.79 Å². The molecule has 0 bridgehead atoms.